The smallest absolute Gasteiger partial charge is 0.252 e. The first-order chi connectivity index (χ1) is 6.63. The molecule has 2 N–H and O–H groups in total. The number of carbonyl (C=O) groups is 1. The lowest BCUT2D eigenvalue weighted by Crippen LogP contribution is -2.23. The maximum absolute atomic E-state index is 11.2. The summed E-state index contributed by atoms with van der Waals surface area (Å²) in [6, 6.07) is 0. The minimum Gasteiger partial charge on any atom is -0.383 e. The van der Waals surface area contributed by atoms with Gasteiger partial charge >= 0.3 is 0 Å². The summed E-state index contributed by atoms with van der Waals surface area (Å²) >= 11 is 1.67. The van der Waals surface area contributed by atoms with Crippen molar-refractivity contribution in [2.24, 2.45) is 10.7 Å². The van der Waals surface area contributed by atoms with Gasteiger partial charge in [0.1, 0.15) is 5.84 Å². The number of carbonyl (C=O) groups excluding carboxylic acids is 1. The molecular formula is C10H12N2OS. The molecule has 1 amide bonds. The maximum Gasteiger partial charge on any atom is 0.252 e. The van der Waals surface area contributed by atoms with Gasteiger partial charge in [0.15, 0.2) is 0 Å². The monoisotopic (exact) mass is 208 g/mol. The summed E-state index contributed by atoms with van der Waals surface area (Å²) in [4.78, 5) is 17.3. The molecule has 0 spiro atoms. The van der Waals surface area contributed by atoms with Crippen LogP contribution in [0.1, 0.15) is 27.8 Å². The van der Waals surface area contributed by atoms with Crippen molar-refractivity contribution in [2.75, 3.05) is 0 Å². The maximum atomic E-state index is 11.2. The Morgan fingerprint density at radius 3 is 2.93 bits per heavy atom. The zero-order valence-electron chi connectivity index (χ0n) is 8.26. The van der Waals surface area contributed by atoms with E-state index in [9.17, 15) is 4.79 Å². The van der Waals surface area contributed by atoms with Crippen molar-refractivity contribution in [1.82, 2.24) is 0 Å². The molecule has 1 aromatic heterocycles. The van der Waals surface area contributed by atoms with Crippen LogP contribution in [-0.4, -0.2) is 11.7 Å². The van der Waals surface area contributed by atoms with Gasteiger partial charge in [0.05, 0.1) is 6.42 Å². The second-order valence-corrected chi connectivity index (χ2v) is 4.67. The minimum absolute atomic E-state index is 0.126. The van der Waals surface area contributed by atoms with Gasteiger partial charge in [0.2, 0.25) is 0 Å². The van der Waals surface area contributed by atoms with E-state index >= 15 is 0 Å². The van der Waals surface area contributed by atoms with E-state index in [-0.39, 0.29) is 5.91 Å². The van der Waals surface area contributed by atoms with Crippen LogP contribution in [0.15, 0.2) is 4.99 Å². The molecular weight excluding hydrogens is 196 g/mol. The van der Waals surface area contributed by atoms with Crippen LogP contribution in [-0.2, 0) is 17.6 Å². The topological polar surface area (TPSA) is 55.4 Å². The van der Waals surface area contributed by atoms with Gasteiger partial charge in [-0.05, 0) is 18.9 Å². The second-order valence-electron chi connectivity index (χ2n) is 3.36. The Balaban J connectivity index is 2.64. The number of nitrogens with two attached hydrogens (primary N) is 1. The molecule has 0 bridgehead atoms. The van der Waals surface area contributed by atoms with E-state index < -0.39 is 0 Å². The van der Waals surface area contributed by atoms with Crippen LogP contribution in [0.3, 0.4) is 0 Å². The van der Waals surface area contributed by atoms with Gasteiger partial charge in [-0.3, -0.25) is 4.79 Å². The summed E-state index contributed by atoms with van der Waals surface area (Å²) in [6.45, 7) is 4.17. The van der Waals surface area contributed by atoms with Crippen molar-refractivity contribution in [3.8, 4) is 0 Å². The quantitative estimate of drug-likeness (QED) is 0.758. The number of rotatable bonds is 1. The average Bonchev–Trinajstić information content (AvgIpc) is 2.40. The normalized spacial score (nSPS) is 15.3. The fourth-order valence-electron chi connectivity index (χ4n) is 1.86. The number of nitrogens with zero attached hydrogens (tertiary/aromatic N) is 1. The van der Waals surface area contributed by atoms with E-state index in [1.54, 1.807) is 11.3 Å². The first-order valence-corrected chi connectivity index (χ1v) is 5.43. The highest BCUT2D eigenvalue weighted by Gasteiger charge is 2.23. The lowest BCUT2D eigenvalue weighted by atomic mass is 10.0. The van der Waals surface area contributed by atoms with E-state index in [0.29, 0.717) is 12.3 Å². The molecule has 0 unspecified atom stereocenters. The van der Waals surface area contributed by atoms with Gasteiger partial charge in [0.25, 0.3) is 5.91 Å². The highest BCUT2D eigenvalue weighted by Crippen LogP contribution is 2.31. The zero-order valence-corrected chi connectivity index (χ0v) is 9.07. The van der Waals surface area contributed by atoms with E-state index in [0.717, 1.165) is 16.9 Å². The molecule has 0 saturated heterocycles. The van der Waals surface area contributed by atoms with Crippen LogP contribution in [0.25, 0.3) is 0 Å². The van der Waals surface area contributed by atoms with Crippen LogP contribution in [0.2, 0.25) is 0 Å². The number of amidine groups is 1. The number of amides is 1. The van der Waals surface area contributed by atoms with Gasteiger partial charge in [-0.15, -0.1) is 11.3 Å². The van der Waals surface area contributed by atoms with Crippen molar-refractivity contribution in [3.63, 3.8) is 0 Å². The molecule has 0 fully saturated rings. The third-order valence-electron chi connectivity index (χ3n) is 2.45. The molecule has 0 aliphatic carbocycles. The molecule has 74 valence electrons. The summed E-state index contributed by atoms with van der Waals surface area (Å²) in [6.07, 6.45) is 1.36. The van der Waals surface area contributed by atoms with E-state index in [2.05, 4.69) is 18.8 Å². The van der Waals surface area contributed by atoms with Crippen molar-refractivity contribution in [2.45, 2.75) is 26.7 Å². The molecule has 3 nitrogen and oxygen atoms in total. The molecule has 0 saturated carbocycles. The van der Waals surface area contributed by atoms with E-state index in [1.165, 1.54) is 10.4 Å². The lowest BCUT2D eigenvalue weighted by Gasteiger charge is -2.09. The molecule has 1 aliphatic rings. The standard InChI is InChI=1S/C10H12N2OS/c1-3-6-5(2)14-7-4-8(13)12-10(11)9(6)7/h3-4H2,1-2H3,(H2,11,12,13). The summed E-state index contributed by atoms with van der Waals surface area (Å²) in [5.74, 6) is 0.274. The molecule has 1 aliphatic heterocycles. The third kappa shape index (κ3) is 1.26. The number of thiophene rings is 1. The van der Waals surface area contributed by atoms with Crippen LogP contribution in [0.4, 0.5) is 0 Å². The average molecular weight is 208 g/mol. The predicted molar refractivity (Wildman–Crippen MR) is 57.9 cm³/mol. The molecule has 0 radical (unpaired) electrons. The van der Waals surface area contributed by atoms with Gasteiger partial charge in [0, 0.05) is 15.3 Å². The van der Waals surface area contributed by atoms with Crippen LogP contribution < -0.4 is 5.73 Å². The van der Waals surface area contributed by atoms with Gasteiger partial charge in [-0.25, -0.2) is 0 Å². The molecule has 14 heavy (non-hydrogen) atoms. The molecule has 2 rings (SSSR count). The minimum atomic E-state index is -0.126. The Morgan fingerprint density at radius 1 is 1.57 bits per heavy atom. The number of aryl methyl sites for hydroxylation is 1. The van der Waals surface area contributed by atoms with E-state index in [4.69, 9.17) is 5.73 Å². The molecule has 2 heterocycles. The Labute approximate surface area is 86.7 Å². The van der Waals surface area contributed by atoms with E-state index in [1.807, 2.05) is 0 Å². The summed E-state index contributed by atoms with van der Waals surface area (Å²) in [7, 11) is 0. The lowest BCUT2D eigenvalue weighted by molar-refractivity contribution is -0.117. The van der Waals surface area contributed by atoms with Crippen LogP contribution >= 0.6 is 11.3 Å². The third-order valence-corrected chi connectivity index (χ3v) is 3.60. The highest BCUT2D eigenvalue weighted by atomic mass is 32.1. The summed E-state index contributed by atoms with van der Waals surface area (Å²) in [5, 5.41) is 0. The zero-order chi connectivity index (χ0) is 10.3. The van der Waals surface area contributed by atoms with Crippen LogP contribution in [0.5, 0.6) is 0 Å². The number of hydrogen-bond donors (Lipinski definition) is 1. The SMILES string of the molecule is CCc1c(C)sc2c1C(N)=NC(=O)C2. The highest BCUT2D eigenvalue weighted by molar-refractivity contribution is 7.12. The molecule has 0 atom stereocenters. The number of hydrogen-bond acceptors (Lipinski definition) is 3. The van der Waals surface area contributed by atoms with Crippen molar-refractivity contribution < 1.29 is 4.79 Å². The fourth-order valence-corrected chi connectivity index (χ4v) is 3.12. The Morgan fingerprint density at radius 2 is 2.29 bits per heavy atom. The van der Waals surface area contributed by atoms with Crippen molar-refractivity contribution >= 4 is 23.1 Å². The van der Waals surface area contributed by atoms with Gasteiger partial charge in [-0.2, -0.15) is 4.99 Å². The number of aliphatic imine (C=N–C) groups is 1. The van der Waals surface area contributed by atoms with Crippen LogP contribution in [0, 0.1) is 6.92 Å². The Kier molecular flexibility index (Phi) is 2.15. The second kappa shape index (κ2) is 3.20. The Bertz CT molecular complexity index is 432. The predicted octanol–water partition coefficient (Wildman–Crippen LogP) is 1.41. The summed E-state index contributed by atoms with van der Waals surface area (Å²) < 4.78 is 0. The molecule has 1 aromatic rings. The number of fused-ring (bicyclic) bond motifs is 1. The first kappa shape index (κ1) is 9.40. The Hall–Kier alpha value is -1.16. The first-order valence-electron chi connectivity index (χ1n) is 4.62. The molecule has 4 heteroatoms. The molecule has 0 aromatic carbocycles. The van der Waals surface area contributed by atoms with Crippen molar-refractivity contribution in [3.05, 3.63) is 20.9 Å². The largest absolute Gasteiger partial charge is 0.383 e. The van der Waals surface area contributed by atoms with Crippen molar-refractivity contribution in [1.29, 1.82) is 0 Å². The fraction of sp³-hybridized carbons (Fsp3) is 0.400. The van der Waals surface area contributed by atoms with Gasteiger partial charge < -0.3 is 5.73 Å². The summed E-state index contributed by atoms with van der Waals surface area (Å²) in [5.41, 5.74) is 8.03. The van der Waals surface area contributed by atoms with Gasteiger partial charge in [-0.1, -0.05) is 6.92 Å².